The normalized spacial score (nSPS) is 28.5. The first-order valence-corrected chi connectivity index (χ1v) is 5.05. The number of carbonyl (C=O) groups excluding carboxylic acids is 1. The average molecular weight is 188 g/mol. The third-order valence-electron chi connectivity index (χ3n) is 3.16. The molecule has 3 aliphatic rings. The molecule has 2 bridgehead atoms. The van der Waals surface area contributed by atoms with Crippen LogP contribution in [0.2, 0.25) is 0 Å². The Balaban J connectivity index is 2.14. The highest BCUT2D eigenvalue weighted by Gasteiger charge is 2.40. The molecule has 2 nitrogen and oxygen atoms in total. The number of hydrogen-bond acceptors (Lipinski definition) is 2. The van der Waals surface area contributed by atoms with Gasteiger partial charge in [0.25, 0.3) is 0 Å². The monoisotopic (exact) mass is 188 g/mol. The van der Waals surface area contributed by atoms with Gasteiger partial charge < -0.3 is 4.74 Å². The molecular formula is C12H12O2. The first-order valence-electron chi connectivity index (χ1n) is 5.05. The molecule has 1 aliphatic carbocycles. The zero-order chi connectivity index (χ0) is 9.71. The van der Waals surface area contributed by atoms with Crippen molar-refractivity contribution in [3.05, 3.63) is 29.3 Å². The van der Waals surface area contributed by atoms with E-state index in [-0.39, 0.29) is 17.8 Å². The van der Waals surface area contributed by atoms with E-state index in [1.807, 2.05) is 25.1 Å². The predicted octanol–water partition coefficient (Wildman–Crippen LogP) is 2.35. The van der Waals surface area contributed by atoms with Gasteiger partial charge in [-0.1, -0.05) is 6.07 Å². The Kier molecular flexibility index (Phi) is 1.49. The lowest BCUT2D eigenvalue weighted by Crippen LogP contribution is -2.34. The van der Waals surface area contributed by atoms with Crippen molar-refractivity contribution < 1.29 is 9.53 Å². The van der Waals surface area contributed by atoms with E-state index in [1.165, 1.54) is 0 Å². The molecule has 14 heavy (non-hydrogen) atoms. The van der Waals surface area contributed by atoms with Crippen LogP contribution in [0.1, 0.15) is 28.8 Å². The Labute approximate surface area is 82.9 Å². The number of Topliss-reactive ketones (excluding diaryl/α,β-unsaturated/α-hetero) is 1. The van der Waals surface area contributed by atoms with Gasteiger partial charge in [-0.3, -0.25) is 4.79 Å². The molecule has 1 saturated carbocycles. The van der Waals surface area contributed by atoms with E-state index in [2.05, 4.69) is 0 Å². The molecule has 2 heteroatoms. The first kappa shape index (κ1) is 8.04. The molecule has 0 atom stereocenters. The summed E-state index contributed by atoms with van der Waals surface area (Å²) in [6.07, 6.45) is 2.10. The number of ether oxygens (including phenoxy) is 1. The Morgan fingerprint density at radius 2 is 2.14 bits per heavy atom. The van der Waals surface area contributed by atoms with Crippen LogP contribution in [0.25, 0.3) is 0 Å². The second-order valence-corrected chi connectivity index (χ2v) is 4.27. The summed E-state index contributed by atoms with van der Waals surface area (Å²) in [5, 5.41) is 0. The van der Waals surface area contributed by atoms with Gasteiger partial charge in [0.2, 0.25) is 0 Å². The van der Waals surface area contributed by atoms with Gasteiger partial charge in [-0.05, 0) is 37.5 Å². The van der Waals surface area contributed by atoms with Crippen molar-refractivity contribution in [2.75, 3.05) is 0 Å². The second kappa shape index (κ2) is 2.59. The number of carbonyl (C=O) groups is 1. The quantitative estimate of drug-likeness (QED) is 0.624. The SMILES string of the molecule is Cc1ccc2c(c1)OC1CC(C1)C2=O. The maximum Gasteiger partial charge on any atom is 0.169 e. The summed E-state index contributed by atoms with van der Waals surface area (Å²) in [5.41, 5.74) is 1.93. The fraction of sp³-hybridized carbons (Fsp3) is 0.417. The van der Waals surface area contributed by atoms with Gasteiger partial charge in [0.1, 0.15) is 11.9 Å². The maximum atomic E-state index is 11.9. The highest BCUT2D eigenvalue weighted by atomic mass is 16.5. The molecule has 0 radical (unpaired) electrons. The average Bonchev–Trinajstić information content (AvgIpc) is 2.28. The van der Waals surface area contributed by atoms with Crippen molar-refractivity contribution in [2.45, 2.75) is 25.9 Å². The molecule has 0 unspecified atom stereocenters. The molecule has 1 aromatic rings. The molecule has 1 fully saturated rings. The van der Waals surface area contributed by atoms with Gasteiger partial charge in [-0.15, -0.1) is 0 Å². The molecular weight excluding hydrogens is 176 g/mol. The number of benzene rings is 1. The van der Waals surface area contributed by atoms with Crippen molar-refractivity contribution in [1.82, 2.24) is 0 Å². The fourth-order valence-electron chi connectivity index (χ4n) is 2.21. The van der Waals surface area contributed by atoms with Crippen molar-refractivity contribution in [3.8, 4) is 5.75 Å². The highest BCUT2D eigenvalue weighted by molar-refractivity contribution is 6.01. The van der Waals surface area contributed by atoms with Crippen LogP contribution in [-0.4, -0.2) is 11.9 Å². The molecule has 1 aromatic carbocycles. The summed E-state index contributed by atoms with van der Waals surface area (Å²) < 4.78 is 5.75. The van der Waals surface area contributed by atoms with Gasteiger partial charge in [0.15, 0.2) is 5.78 Å². The molecule has 0 amide bonds. The lowest BCUT2D eigenvalue weighted by Gasteiger charge is -2.30. The summed E-state index contributed by atoms with van der Waals surface area (Å²) in [6.45, 7) is 2.02. The van der Waals surface area contributed by atoms with Gasteiger partial charge in [0, 0.05) is 5.92 Å². The zero-order valence-electron chi connectivity index (χ0n) is 8.12. The Bertz CT molecular complexity index is 403. The van der Waals surface area contributed by atoms with Crippen LogP contribution < -0.4 is 4.74 Å². The molecule has 2 aliphatic heterocycles. The van der Waals surface area contributed by atoms with E-state index >= 15 is 0 Å². The lowest BCUT2D eigenvalue weighted by atomic mass is 9.78. The summed E-state index contributed by atoms with van der Waals surface area (Å²) in [4.78, 5) is 11.9. The largest absolute Gasteiger partial charge is 0.490 e. The van der Waals surface area contributed by atoms with E-state index in [0.29, 0.717) is 0 Å². The highest BCUT2D eigenvalue weighted by Crippen LogP contribution is 2.40. The third kappa shape index (κ3) is 0.999. The fourth-order valence-corrected chi connectivity index (χ4v) is 2.21. The number of ketones is 1. The molecule has 4 rings (SSSR count). The van der Waals surface area contributed by atoms with Crippen LogP contribution in [-0.2, 0) is 0 Å². The lowest BCUT2D eigenvalue weighted by molar-refractivity contribution is 0.0595. The molecule has 0 N–H and O–H groups in total. The number of aryl methyl sites for hydroxylation is 1. The summed E-state index contributed by atoms with van der Waals surface area (Å²) >= 11 is 0. The van der Waals surface area contributed by atoms with Crippen LogP contribution in [0, 0.1) is 12.8 Å². The summed E-state index contributed by atoms with van der Waals surface area (Å²) in [7, 11) is 0. The summed E-state index contributed by atoms with van der Waals surface area (Å²) in [5.74, 6) is 1.29. The van der Waals surface area contributed by atoms with Crippen molar-refractivity contribution in [2.24, 2.45) is 5.92 Å². The van der Waals surface area contributed by atoms with Crippen molar-refractivity contribution in [1.29, 1.82) is 0 Å². The van der Waals surface area contributed by atoms with Crippen LogP contribution in [0.15, 0.2) is 18.2 Å². The smallest absolute Gasteiger partial charge is 0.169 e. The standard InChI is InChI=1S/C12H12O2/c1-7-2-3-10-11(4-7)14-9-5-8(6-9)12(10)13/h2-4,8-9H,5-6H2,1H3. The molecule has 0 aromatic heterocycles. The van der Waals surface area contributed by atoms with Gasteiger partial charge in [0.05, 0.1) is 5.56 Å². The topological polar surface area (TPSA) is 26.3 Å². The number of hydrogen-bond donors (Lipinski definition) is 0. The Hall–Kier alpha value is -1.31. The minimum atomic E-state index is 0.226. The zero-order valence-corrected chi connectivity index (χ0v) is 8.12. The van der Waals surface area contributed by atoms with E-state index in [0.717, 1.165) is 29.7 Å². The molecule has 0 spiro atoms. The van der Waals surface area contributed by atoms with E-state index in [1.54, 1.807) is 0 Å². The van der Waals surface area contributed by atoms with Gasteiger partial charge in [-0.2, -0.15) is 0 Å². The van der Waals surface area contributed by atoms with Crippen LogP contribution in [0.5, 0.6) is 5.75 Å². The minimum Gasteiger partial charge on any atom is -0.490 e. The predicted molar refractivity (Wildman–Crippen MR) is 52.6 cm³/mol. The first-order chi connectivity index (χ1) is 6.74. The number of rotatable bonds is 0. The van der Waals surface area contributed by atoms with E-state index < -0.39 is 0 Å². The van der Waals surface area contributed by atoms with Crippen LogP contribution in [0.4, 0.5) is 0 Å². The van der Waals surface area contributed by atoms with Crippen LogP contribution >= 0.6 is 0 Å². The minimum absolute atomic E-state index is 0.226. The Morgan fingerprint density at radius 3 is 2.93 bits per heavy atom. The molecule has 0 saturated heterocycles. The van der Waals surface area contributed by atoms with Crippen molar-refractivity contribution in [3.63, 3.8) is 0 Å². The van der Waals surface area contributed by atoms with Gasteiger partial charge in [-0.25, -0.2) is 0 Å². The molecule has 72 valence electrons. The van der Waals surface area contributed by atoms with E-state index in [4.69, 9.17) is 4.74 Å². The third-order valence-corrected chi connectivity index (χ3v) is 3.16. The van der Waals surface area contributed by atoms with Crippen LogP contribution in [0.3, 0.4) is 0 Å². The van der Waals surface area contributed by atoms with Crippen molar-refractivity contribution >= 4 is 5.78 Å². The maximum absolute atomic E-state index is 11.9. The van der Waals surface area contributed by atoms with E-state index in [9.17, 15) is 4.79 Å². The van der Waals surface area contributed by atoms with Gasteiger partial charge >= 0.3 is 0 Å². The summed E-state index contributed by atoms with van der Waals surface area (Å²) in [6, 6.07) is 5.84. The Morgan fingerprint density at radius 1 is 1.36 bits per heavy atom. The second-order valence-electron chi connectivity index (χ2n) is 4.27. The molecule has 2 heterocycles.